The van der Waals surface area contributed by atoms with Crippen molar-refractivity contribution in [1.82, 2.24) is 4.31 Å². The number of nitrogens with one attached hydrogen (secondary N) is 2. The number of sulfonamides is 1. The van der Waals surface area contributed by atoms with E-state index in [0.29, 0.717) is 29.3 Å². The Labute approximate surface area is 199 Å². The number of hydrogen-bond donors (Lipinski definition) is 2. The van der Waals surface area contributed by atoms with E-state index in [2.05, 4.69) is 10.6 Å². The average Bonchev–Trinajstić information content (AvgIpc) is 3.12. The lowest BCUT2D eigenvalue weighted by atomic mass is 9.95. The molecule has 0 radical (unpaired) electrons. The van der Waals surface area contributed by atoms with Crippen LogP contribution in [0.4, 0.5) is 10.7 Å². The largest absolute Gasteiger partial charge is 0.465 e. The molecule has 0 spiro atoms. The van der Waals surface area contributed by atoms with Gasteiger partial charge in [-0.3, -0.25) is 0 Å². The first kappa shape index (κ1) is 24.6. The van der Waals surface area contributed by atoms with Gasteiger partial charge in [-0.05, 0) is 68.1 Å². The number of carbonyl (C=O) groups excluding carboxylic acids is 1. The van der Waals surface area contributed by atoms with E-state index in [0.717, 1.165) is 36.8 Å². The van der Waals surface area contributed by atoms with Crippen molar-refractivity contribution in [1.29, 1.82) is 0 Å². The molecule has 1 aliphatic rings. The van der Waals surface area contributed by atoms with Crippen LogP contribution in [0.1, 0.15) is 53.1 Å². The second kappa shape index (κ2) is 10.3. The Morgan fingerprint density at radius 3 is 2.53 bits per heavy atom. The number of anilines is 2. The monoisotopic (exact) mass is 495 g/mol. The molecule has 1 heterocycles. The molecular formula is C22H29N3O4S3. The molecule has 2 aromatic rings. The lowest BCUT2D eigenvalue weighted by molar-refractivity contribution is 0.0601. The summed E-state index contributed by atoms with van der Waals surface area (Å²) in [7, 11) is -2.21. The molecule has 3 rings (SSSR count). The highest BCUT2D eigenvalue weighted by atomic mass is 32.2. The van der Waals surface area contributed by atoms with Crippen LogP contribution < -0.4 is 10.6 Å². The number of ether oxygens (including phenoxy) is 1. The van der Waals surface area contributed by atoms with Gasteiger partial charge in [0.05, 0.1) is 17.6 Å². The van der Waals surface area contributed by atoms with Gasteiger partial charge in [-0.15, -0.1) is 11.3 Å². The zero-order valence-corrected chi connectivity index (χ0v) is 21.2. The molecular weight excluding hydrogens is 466 g/mol. The Bertz CT molecular complexity index is 1120. The molecule has 0 fully saturated rings. The molecule has 0 unspecified atom stereocenters. The summed E-state index contributed by atoms with van der Waals surface area (Å²) in [4.78, 5) is 13.8. The van der Waals surface area contributed by atoms with Crippen molar-refractivity contribution in [3.63, 3.8) is 0 Å². The lowest BCUT2D eigenvalue weighted by Crippen LogP contribution is -2.30. The molecule has 1 aromatic carbocycles. The highest BCUT2D eigenvalue weighted by molar-refractivity contribution is 7.89. The second-order valence-corrected chi connectivity index (χ2v) is 11.0. The van der Waals surface area contributed by atoms with E-state index in [1.54, 1.807) is 18.2 Å². The molecule has 10 heteroatoms. The van der Waals surface area contributed by atoms with E-state index in [4.69, 9.17) is 17.0 Å². The number of thiophene rings is 1. The van der Waals surface area contributed by atoms with E-state index in [1.165, 1.54) is 27.6 Å². The van der Waals surface area contributed by atoms with E-state index in [-0.39, 0.29) is 16.0 Å². The zero-order valence-electron chi connectivity index (χ0n) is 18.8. The Morgan fingerprint density at radius 2 is 1.88 bits per heavy atom. The smallest absolute Gasteiger partial charge is 0.341 e. The normalized spacial score (nSPS) is 13.5. The van der Waals surface area contributed by atoms with Crippen molar-refractivity contribution in [2.75, 3.05) is 30.8 Å². The van der Waals surface area contributed by atoms with Crippen LogP contribution in [0.3, 0.4) is 0 Å². The molecule has 0 saturated carbocycles. The Hall–Kier alpha value is -2.01. The maximum absolute atomic E-state index is 12.9. The van der Waals surface area contributed by atoms with Gasteiger partial charge in [0, 0.05) is 23.7 Å². The van der Waals surface area contributed by atoms with Crippen molar-refractivity contribution in [3.05, 3.63) is 39.8 Å². The van der Waals surface area contributed by atoms with Crippen molar-refractivity contribution in [2.24, 2.45) is 0 Å². The van der Waals surface area contributed by atoms with E-state index in [9.17, 15) is 13.2 Å². The predicted molar refractivity (Wildman–Crippen MR) is 133 cm³/mol. The molecule has 0 aliphatic heterocycles. The van der Waals surface area contributed by atoms with Gasteiger partial charge in [0.15, 0.2) is 5.11 Å². The number of methoxy groups -OCH3 is 1. The van der Waals surface area contributed by atoms with Gasteiger partial charge in [-0.2, -0.15) is 4.31 Å². The van der Waals surface area contributed by atoms with E-state index >= 15 is 0 Å². The van der Waals surface area contributed by atoms with Crippen LogP contribution in [0.5, 0.6) is 0 Å². The predicted octanol–water partition coefficient (Wildman–Crippen LogP) is 4.56. The molecule has 7 nitrogen and oxygen atoms in total. The summed E-state index contributed by atoms with van der Waals surface area (Å²) in [5.74, 6) is -0.377. The first-order chi connectivity index (χ1) is 15.2. The number of aryl methyl sites for hydroxylation is 2. The van der Waals surface area contributed by atoms with Crippen LogP contribution in [0, 0.1) is 6.92 Å². The first-order valence-electron chi connectivity index (χ1n) is 10.6. The third-order valence-electron chi connectivity index (χ3n) is 5.59. The lowest BCUT2D eigenvalue weighted by Gasteiger charge is -2.20. The summed E-state index contributed by atoms with van der Waals surface area (Å²) in [6.07, 6.45) is 3.94. The fourth-order valence-corrected chi connectivity index (χ4v) is 6.88. The number of thiocarbonyl (C=S) groups is 1. The summed E-state index contributed by atoms with van der Waals surface area (Å²) < 4.78 is 32.2. The van der Waals surface area contributed by atoms with Crippen molar-refractivity contribution in [3.8, 4) is 0 Å². The Kier molecular flexibility index (Phi) is 7.92. The number of benzene rings is 1. The maximum atomic E-state index is 12.9. The molecule has 0 amide bonds. The SMILES string of the molecule is CCN(CC)S(=O)(=O)c1ccc(C)c(NC(=S)Nc2sc3c(c2C(=O)OC)CCCC3)c1. The highest BCUT2D eigenvalue weighted by Gasteiger charge is 2.27. The molecule has 1 aliphatic carbocycles. The van der Waals surface area contributed by atoms with Gasteiger partial charge < -0.3 is 15.4 Å². The number of nitrogens with zero attached hydrogens (tertiary/aromatic N) is 1. The third kappa shape index (κ3) is 4.98. The van der Waals surface area contributed by atoms with Gasteiger partial charge in [-0.1, -0.05) is 19.9 Å². The first-order valence-corrected chi connectivity index (χ1v) is 13.3. The van der Waals surface area contributed by atoms with Crippen LogP contribution in [0.2, 0.25) is 0 Å². The topological polar surface area (TPSA) is 87.7 Å². The zero-order chi connectivity index (χ0) is 23.5. The number of esters is 1. The van der Waals surface area contributed by atoms with Crippen molar-refractivity contribution >= 4 is 55.3 Å². The summed E-state index contributed by atoms with van der Waals surface area (Å²) in [6.45, 7) is 6.30. The van der Waals surface area contributed by atoms with Crippen LogP contribution in [-0.2, 0) is 27.6 Å². The van der Waals surface area contributed by atoms with Crippen molar-refractivity contribution in [2.45, 2.75) is 51.3 Å². The van der Waals surface area contributed by atoms with Gasteiger partial charge in [0.25, 0.3) is 0 Å². The summed E-state index contributed by atoms with van der Waals surface area (Å²) in [6, 6.07) is 4.95. The van der Waals surface area contributed by atoms with Crippen LogP contribution in [0.25, 0.3) is 0 Å². The third-order valence-corrected chi connectivity index (χ3v) is 9.05. The molecule has 0 atom stereocenters. The molecule has 1 aromatic heterocycles. The molecule has 0 bridgehead atoms. The van der Waals surface area contributed by atoms with E-state index in [1.807, 2.05) is 20.8 Å². The molecule has 174 valence electrons. The van der Waals surface area contributed by atoms with Gasteiger partial charge in [-0.25, -0.2) is 13.2 Å². The quantitative estimate of drug-likeness (QED) is 0.430. The van der Waals surface area contributed by atoms with Crippen LogP contribution in [0.15, 0.2) is 23.1 Å². The minimum absolute atomic E-state index is 0.207. The van der Waals surface area contributed by atoms with E-state index < -0.39 is 10.0 Å². The number of carbonyl (C=O) groups is 1. The summed E-state index contributed by atoms with van der Waals surface area (Å²) >= 11 is 7.03. The second-order valence-electron chi connectivity index (χ2n) is 7.55. The highest BCUT2D eigenvalue weighted by Crippen LogP contribution is 2.38. The molecule has 2 N–H and O–H groups in total. The van der Waals surface area contributed by atoms with Crippen LogP contribution in [-0.4, -0.2) is 44.0 Å². The summed E-state index contributed by atoms with van der Waals surface area (Å²) in [5, 5.41) is 7.19. The minimum Gasteiger partial charge on any atom is -0.465 e. The number of fused-ring (bicyclic) bond motifs is 1. The summed E-state index contributed by atoms with van der Waals surface area (Å²) in [5.41, 5.74) is 3.04. The fraction of sp³-hybridized carbons (Fsp3) is 0.455. The fourth-order valence-electron chi connectivity index (χ4n) is 3.84. The molecule has 32 heavy (non-hydrogen) atoms. The number of hydrogen-bond acceptors (Lipinski definition) is 6. The standard InChI is InChI=1S/C22H29N3O4S3/c1-5-25(6-2)32(27,28)15-12-11-14(3)17(13-15)23-22(30)24-20-19(21(26)29-4)16-9-7-8-10-18(16)31-20/h11-13H,5-10H2,1-4H3,(H2,23,24,30). The van der Waals surface area contributed by atoms with Gasteiger partial charge in [0.1, 0.15) is 5.00 Å². The maximum Gasteiger partial charge on any atom is 0.341 e. The minimum atomic E-state index is -3.59. The molecule has 0 saturated heterocycles. The van der Waals surface area contributed by atoms with Gasteiger partial charge >= 0.3 is 5.97 Å². The Balaban J connectivity index is 1.86. The van der Waals surface area contributed by atoms with Crippen molar-refractivity contribution < 1.29 is 17.9 Å². The number of rotatable bonds is 7. The Morgan fingerprint density at radius 1 is 1.19 bits per heavy atom. The van der Waals surface area contributed by atoms with Gasteiger partial charge in [0.2, 0.25) is 10.0 Å². The van der Waals surface area contributed by atoms with Crippen LogP contribution >= 0.6 is 23.6 Å². The average molecular weight is 496 g/mol.